The monoisotopic (exact) mass is 274 g/mol. The topological polar surface area (TPSA) is 79.0 Å². The molecule has 1 aliphatic rings. The molecular formula is C14H18N4O2. The van der Waals surface area contributed by atoms with Gasteiger partial charge < -0.3 is 15.0 Å². The maximum absolute atomic E-state index is 11.9. The largest absolute Gasteiger partial charge is 0.376 e. The number of carbonyl (C=O) groups excluding carboxylic acids is 1. The first-order valence-corrected chi connectivity index (χ1v) is 6.86. The zero-order valence-electron chi connectivity index (χ0n) is 11.3. The predicted molar refractivity (Wildman–Crippen MR) is 76.7 cm³/mol. The van der Waals surface area contributed by atoms with Gasteiger partial charge in [0, 0.05) is 6.61 Å². The fourth-order valence-electron chi connectivity index (χ4n) is 2.45. The number of ether oxygens (including phenoxy) is 1. The van der Waals surface area contributed by atoms with E-state index in [1.165, 1.54) is 0 Å². The lowest BCUT2D eigenvalue weighted by Crippen LogP contribution is -2.43. The molecule has 0 saturated carbocycles. The highest BCUT2D eigenvalue weighted by atomic mass is 16.5. The van der Waals surface area contributed by atoms with Gasteiger partial charge in [-0.05, 0) is 31.9 Å². The zero-order chi connectivity index (χ0) is 13.9. The lowest BCUT2D eigenvalue weighted by Gasteiger charge is -2.19. The third-order valence-electron chi connectivity index (χ3n) is 3.50. The van der Waals surface area contributed by atoms with E-state index < -0.39 is 0 Å². The van der Waals surface area contributed by atoms with Crippen LogP contribution in [-0.4, -0.2) is 34.8 Å². The molecule has 20 heavy (non-hydrogen) atoms. The third kappa shape index (κ3) is 2.75. The van der Waals surface area contributed by atoms with Crippen LogP contribution >= 0.6 is 0 Å². The third-order valence-corrected chi connectivity index (χ3v) is 3.50. The van der Waals surface area contributed by atoms with E-state index >= 15 is 0 Å². The number of fused-ring (bicyclic) bond motifs is 1. The van der Waals surface area contributed by atoms with Gasteiger partial charge in [-0.3, -0.25) is 5.32 Å². The molecule has 2 atom stereocenters. The number of anilines is 1. The number of H-pyrrole nitrogens is 1. The Morgan fingerprint density at radius 1 is 1.50 bits per heavy atom. The van der Waals surface area contributed by atoms with Crippen LogP contribution in [0.3, 0.4) is 0 Å². The first-order valence-electron chi connectivity index (χ1n) is 6.86. The Morgan fingerprint density at radius 3 is 3.10 bits per heavy atom. The molecular weight excluding hydrogens is 256 g/mol. The Labute approximate surface area is 116 Å². The molecule has 2 amide bonds. The molecule has 1 aromatic carbocycles. The number of nitrogens with zero attached hydrogens (tertiary/aromatic N) is 1. The molecule has 0 radical (unpaired) electrons. The molecule has 3 rings (SSSR count). The van der Waals surface area contributed by atoms with Crippen LogP contribution in [0.4, 0.5) is 10.7 Å². The van der Waals surface area contributed by atoms with Crippen LogP contribution in [0, 0.1) is 0 Å². The minimum Gasteiger partial charge on any atom is -0.376 e. The highest BCUT2D eigenvalue weighted by molar-refractivity contribution is 5.89. The summed E-state index contributed by atoms with van der Waals surface area (Å²) in [4.78, 5) is 19.3. The number of benzene rings is 1. The minimum absolute atomic E-state index is 0.0121. The van der Waals surface area contributed by atoms with Gasteiger partial charge in [-0.1, -0.05) is 12.1 Å². The van der Waals surface area contributed by atoms with Crippen molar-refractivity contribution in [3.05, 3.63) is 24.3 Å². The van der Waals surface area contributed by atoms with E-state index in [-0.39, 0.29) is 18.2 Å². The van der Waals surface area contributed by atoms with E-state index in [9.17, 15) is 4.79 Å². The maximum Gasteiger partial charge on any atom is 0.321 e. The number of hydrogen-bond acceptors (Lipinski definition) is 3. The fraction of sp³-hybridized carbons (Fsp3) is 0.429. The maximum atomic E-state index is 11.9. The molecule has 1 aliphatic heterocycles. The number of imidazole rings is 1. The van der Waals surface area contributed by atoms with E-state index in [1.807, 2.05) is 31.2 Å². The van der Waals surface area contributed by atoms with Crippen molar-refractivity contribution in [1.29, 1.82) is 0 Å². The van der Waals surface area contributed by atoms with E-state index in [0.717, 1.165) is 30.5 Å². The van der Waals surface area contributed by atoms with E-state index in [2.05, 4.69) is 20.6 Å². The number of urea groups is 1. The molecule has 1 aromatic heterocycles. The van der Waals surface area contributed by atoms with Crippen molar-refractivity contribution >= 4 is 23.0 Å². The summed E-state index contributed by atoms with van der Waals surface area (Å²) in [5.74, 6) is 0.447. The average molecular weight is 274 g/mol. The summed E-state index contributed by atoms with van der Waals surface area (Å²) >= 11 is 0. The Bertz CT molecular complexity index is 571. The molecule has 2 aromatic rings. The van der Waals surface area contributed by atoms with Crippen LogP contribution in [0.1, 0.15) is 19.8 Å². The van der Waals surface area contributed by atoms with Crippen LogP contribution in [-0.2, 0) is 4.74 Å². The summed E-state index contributed by atoms with van der Waals surface area (Å²) in [7, 11) is 0. The summed E-state index contributed by atoms with van der Waals surface area (Å²) in [6.07, 6.45) is 2.16. The second kappa shape index (κ2) is 5.50. The number of aromatic nitrogens is 2. The molecule has 6 heteroatoms. The first-order chi connectivity index (χ1) is 9.72. The van der Waals surface area contributed by atoms with Crippen LogP contribution in [0.25, 0.3) is 11.0 Å². The molecule has 1 fully saturated rings. The smallest absolute Gasteiger partial charge is 0.321 e. The van der Waals surface area contributed by atoms with Gasteiger partial charge in [0.2, 0.25) is 5.95 Å². The summed E-state index contributed by atoms with van der Waals surface area (Å²) in [5, 5.41) is 5.59. The number of aromatic amines is 1. The molecule has 0 bridgehead atoms. The molecule has 2 heterocycles. The second-order valence-electron chi connectivity index (χ2n) is 5.04. The molecule has 0 unspecified atom stereocenters. The van der Waals surface area contributed by atoms with Gasteiger partial charge in [0.05, 0.1) is 23.2 Å². The van der Waals surface area contributed by atoms with Crippen LogP contribution < -0.4 is 10.6 Å². The van der Waals surface area contributed by atoms with Gasteiger partial charge in [-0.15, -0.1) is 0 Å². The van der Waals surface area contributed by atoms with Crippen LogP contribution in [0.5, 0.6) is 0 Å². The van der Waals surface area contributed by atoms with Gasteiger partial charge in [0.1, 0.15) is 0 Å². The minimum atomic E-state index is -0.271. The number of hydrogen-bond donors (Lipinski definition) is 3. The Hall–Kier alpha value is -2.08. The number of nitrogens with one attached hydrogen (secondary N) is 3. The molecule has 106 valence electrons. The van der Waals surface area contributed by atoms with Crippen molar-refractivity contribution in [2.75, 3.05) is 11.9 Å². The molecule has 0 aliphatic carbocycles. The fourth-order valence-corrected chi connectivity index (χ4v) is 2.45. The average Bonchev–Trinajstić information content (AvgIpc) is 3.07. The van der Waals surface area contributed by atoms with Crippen molar-refractivity contribution in [3.8, 4) is 0 Å². The van der Waals surface area contributed by atoms with E-state index in [1.54, 1.807) is 0 Å². The Kier molecular flexibility index (Phi) is 3.56. The van der Waals surface area contributed by atoms with E-state index in [0.29, 0.717) is 5.95 Å². The molecule has 0 spiro atoms. The Balaban J connectivity index is 1.60. The van der Waals surface area contributed by atoms with Crippen LogP contribution in [0.2, 0.25) is 0 Å². The summed E-state index contributed by atoms with van der Waals surface area (Å²) in [6, 6.07) is 7.36. The van der Waals surface area contributed by atoms with Gasteiger partial charge in [0.25, 0.3) is 0 Å². The van der Waals surface area contributed by atoms with Gasteiger partial charge in [-0.2, -0.15) is 0 Å². The Morgan fingerprint density at radius 2 is 2.35 bits per heavy atom. The molecule has 6 nitrogen and oxygen atoms in total. The number of carbonyl (C=O) groups is 1. The normalized spacial score (nSPS) is 19.9. The molecule has 3 N–H and O–H groups in total. The zero-order valence-corrected chi connectivity index (χ0v) is 11.3. The van der Waals surface area contributed by atoms with Crippen LogP contribution in [0.15, 0.2) is 24.3 Å². The number of para-hydroxylation sites is 2. The lowest BCUT2D eigenvalue weighted by molar-refractivity contribution is 0.0868. The summed E-state index contributed by atoms with van der Waals surface area (Å²) in [6.45, 7) is 2.73. The van der Waals surface area contributed by atoms with Crippen molar-refractivity contribution in [2.45, 2.75) is 31.9 Å². The SMILES string of the molecule is C[C@@H](NC(=O)Nc1nc2ccccc2[nH]1)[C@H]1CCCO1. The van der Waals surface area contributed by atoms with E-state index in [4.69, 9.17) is 4.74 Å². The van der Waals surface area contributed by atoms with Gasteiger partial charge in [0.15, 0.2) is 0 Å². The standard InChI is InChI=1S/C14H18N4O2/c1-9(12-7-4-8-20-12)15-14(19)18-13-16-10-5-2-3-6-11(10)17-13/h2-3,5-6,9,12H,4,7-8H2,1H3,(H3,15,16,17,18,19)/t9-,12-/m1/s1. The van der Waals surface area contributed by atoms with Gasteiger partial charge >= 0.3 is 6.03 Å². The quantitative estimate of drug-likeness (QED) is 0.803. The lowest BCUT2D eigenvalue weighted by atomic mass is 10.1. The highest BCUT2D eigenvalue weighted by Crippen LogP contribution is 2.16. The summed E-state index contributed by atoms with van der Waals surface area (Å²) in [5.41, 5.74) is 1.73. The number of rotatable bonds is 3. The predicted octanol–water partition coefficient (Wildman–Crippen LogP) is 2.25. The van der Waals surface area contributed by atoms with Crippen molar-refractivity contribution < 1.29 is 9.53 Å². The second-order valence-corrected chi connectivity index (χ2v) is 5.04. The van der Waals surface area contributed by atoms with Gasteiger partial charge in [-0.25, -0.2) is 9.78 Å². The first kappa shape index (κ1) is 12.9. The van der Waals surface area contributed by atoms with Crippen molar-refractivity contribution in [1.82, 2.24) is 15.3 Å². The highest BCUT2D eigenvalue weighted by Gasteiger charge is 2.23. The summed E-state index contributed by atoms with van der Waals surface area (Å²) < 4.78 is 5.55. The van der Waals surface area contributed by atoms with Crippen molar-refractivity contribution in [3.63, 3.8) is 0 Å². The van der Waals surface area contributed by atoms with Crippen molar-refractivity contribution in [2.24, 2.45) is 0 Å². The number of amides is 2. The molecule has 1 saturated heterocycles.